The number of carbonyl (C=O) groups is 5. The van der Waals surface area contributed by atoms with Crippen LogP contribution in [0.2, 0.25) is 0 Å². The lowest BCUT2D eigenvalue weighted by atomic mass is 9.47. The highest BCUT2D eigenvalue weighted by molar-refractivity contribution is 6.24. The third-order valence-corrected chi connectivity index (χ3v) is 9.37. The van der Waals surface area contributed by atoms with Crippen LogP contribution in [0.15, 0.2) is 76.1 Å². The van der Waals surface area contributed by atoms with Crippen molar-refractivity contribution < 1.29 is 44.4 Å². The molecular formula is C31H34N4O9. The van der Waals surface area contributed by atoms with Crippen molar-refractivity contribution in [3.63, 3.8) is 0 Å². The Hall–Kier alpha value is -4.75. The minimum atomic E-state index is -2.76. The number of carbonyl (C=O) groups excluding carboxylic acids is 5. The second kappa shape index (κ2) is 10.2. The van der Waals surface area contributed by atoms with Gasteiger partial charge in [-0.15, -0.1) is 0 Å². The van der Waals surface area contributed by atoms with Gasteiger partial charge in [-0.2, -0.15) is 0 Å². The second-order valence-electron chi connectivity index (χ2n) is 12.6. The summed E-state index contributed by atoms with van der Waals surface area (Å²) >= 11 is 0. The number of nitrogens with zero attached hydrogens (tertiary/aromatic N) is 1. The van der Waals surface area contributed by atoms with E-state index in [0.29, 0.717) is 0 Å². The summed E-state index contributed by atoms with van der Waals surface area (Å²) in [5.41, 5.74) is -1.42. The summed E-state index contributed by atoms with van der Waals surface area (Å²) in [4.78, 5) is 66.7. The van der Waals surface area contributed by atoms with Crippen molar-refractivity contribution in [2.24, 2.45) is 22.5 Å². The summed E-state index contributed by atoms with van der Waals surface area (Å²) in [6.07, 6.45) is 1.30. The topological polar surface area (TPSA) is 220 Å². The van der Waals surface area contributed by atoms with Crippen molar-refractivity contribution in [1.82, 2.24) is 15.5 Å². The van der Waals surface area contributed by atoms with E-state index in [9.17, 15) is 44.4 Å². The van der Waals surface area contributed by atoms with Crippen LogP contribution in [0.3, 0.4) is 0 Å². The maximum absolute atomic E-state index is 14.3. The van der Waals surface area contributed by atoms with Gasteiger partial charge in [0.25, 0.3) is 11.8 Å². The minimum absolute atomic E-state index is 0.0486. The Morgan fingerprint density at radius 1 is 1.05 bits per heavy atom. The molecule has 4 aliphatic carbocycles. The maximum atomic E-state index is 14.3. The average molecular weight is 607 g/mol. The predicted octanol–water partition coefficient (Wildman–Crippen LogP) is 1.58. The Morgan fingerprint density at radius 2 is 1.68 bits per heavy atom. The number of nitrogens with one attached hydrogen (secondary N) is 2. The molecule has 5 rings (SSSR count). The number of rotatable bonds is 4. The number of likely N-dealkylation sites (N-methyl/N-ethyl adjacent to an activating group) is 1. The zero-order valence-electron chi connectivity index (χ0n) is 24.6. The monoisotopic (exact) mass is 606 g/mol. The molecule has 44 heavy (non-hydrogen) atoms. The number of aliphatic hydroxyl groups excluding tert-OH is 3. The normalized spacial score (nSPS) is 31.6. The fourth-order valence-electron chi connectivity index (χ4n) is 7.49. The molecule has 0 aromatic heterocycles. The molecule has 4 amide bonds. The summed E-state index contributed by atoms with van der Waals surface area (Å²) in [6.45, 7) is 3.17. The maximum Gasteiger partial charge on any atom is 0.326 e. The molecule has 0 bridgehead atoms. The molecule has 0 radical (unpaired) electrons. The summed E-state index contributed by atoms with van der Waals surface area (Å²) in [7, 11) is 3.48. The van der Waals surface area contributed by atoms with Crippen LogP contribution in [-0.2, 0) is 14.4 Å². The standard InChI is InChI=1S/C31H34N4O9/c1-29-11-15-17(35(3)4)10-16(33-28(43)34-27(42)14-8-6-5-7-9-14)22(37)19(15)23(38)21(29)25(40)31(44)24(39)20(26(32)41)18(36)12-30(31,2)13-29/h5-10,15,17,36-37,40,44H,11-13H2,1-4H3,(H2,32,41)(H2,33,34,42,43)/t15?,17?,29-,30+,31+/m0/s1. The molecule has 1 aromatic rings. The predicted molar refractivity (Wildman–Crippen MR) is 155 cm³/mol. The number of Topliss-reactive ketones (excluding diaryl/α,β-unsaturated/α-hetero) is 2. The smallest absolute Gasteiger partial charge is 0.326 e. The molecule has 0 heterocycles. The van der Waals surface area contributed by atoms with Gasteiger partial charge >= 0.3 is 6.03 Å². The van der Waals surface area contributed by atoms with E-state index < -0.39 is 80.7 Å². The van der Waals surface area contributed by atoms with Gasteiger partial charge < -0.3 is 36.4 Å². The second-order valence-corrected chi connectivity index (χ2v) is 12.6. The summed E-state index contributed by atoms with van der Waals surface area (Å²) < 4.78 is 0. The average Bonchev–Trinajstić information content (AvgIpc) is 2.92. The first-order chi connectivity index (χ1) is 20.5. The molecule has 2 unspecified atom stereocenters. The van der Waals surface area contributed by atoms with Gasteiger partial charge in [-0.05, 0) is 45.1 Å². The number of hydrogen-bond donors (Lipinski definition) is 7. The Morgan fingerprint density at radius 3 is 2.27 bits per heavy atom. The van der Waals surface area contributed by atoms with Crippen LogP contribution in [0.4, 0.5) is 4.79 Å². The van der Waals surface area contributed by atoms with E-state index in [1.54, 1.807) is 50.2 Å². The highest BCUT2D eigenvalue weighted by Gasteiger charge is 2.68. The summed E-state index contributed by atoms with van der Waals surface area (Å²) in [5.74, 6) is -7.03. The Labute approximate surface area is 252 Å². The van der Waals surface area contributed by atoms with Crippen molar-refractivity contribution in [3.8, 4) is 0 Å². The Balaban J connectivity index is 1.57. The van der Waals surface area contributed by atoms with Crippen LogP contribution in [0.5, 0.6) is 0 Å². The number of hydrogen-bond acceptors (Lipinski definition) is 10. The summed E-state index contributed by atoms with van der Waals surface area (Å²) in [5, 5.41) is 49.9. The van der Waals surface area contributed by atoms with Crippen molar-refractivity contribution in [2.75, 3.05) is 14.1 Å². The van der Waals surface area contributed by atoms with Gasteiger partial charge in [0.1, 0.15) is 22.9 Å². The molecule has 8 N–H and O–H groups in total. The third kappa shape index (κ3) is 4.34. The lowest BCUT2D eigenvalue weighted by Crippen LogP contribution is -2.64. The van der Waals surface area contributed by atoms with Crippen LogP contribution in [0.25, 0.3) is 0 Å². The highest BCUT2D eigenvalue weighted by Crippen LogP contribution is 2.63. The van der Waals surface area contributed by atoms with Gasteiger partial charge in [-0.3, -0.25) is 24.5 Å². The number of primary amides is 1. The van der Waals surface area contributed by atoms with Crippen molar-refractivity contribution >= 4 is 29.4 Å². The molecule has 13 nitrogen and oxygen atoms in total. The molecule has 0 saturated heterocycles. The van der Waals surface area contributed by atoms with Gasteiger partial charge in [-0.1, -0.05) is 32.0 Å². The zero-order valence-corrected chi connectivity index (χ0v) is 24.6. The number of imide groups is 1. The van der Waals surface area contributed by atoms with Crippen LogP contribution < -0.4 is 16.4 Å². The molecule has 13 heteroatoms. The lowest BCUT2D eigenvalue weighted by molar-refractivity contribution is -0.161. The fourth-order valence-corrected chi connectivity index (χ4v) is 7.49. The van der Waals surface area contributed by atoms with Gasteiger partial charge in [0.05, 0.1) is 5.70 Å². The van der Waals surface area contributed by atoms with Crippen LogP contribution >= 0.6 is 0 Å². The number of benzene rings is 1. The molecule has 1 aromatic carbocycles. The molecule has 1 fully saturated rings. The molecule has 5 atom stereocenters. The SMILES string of the molecule is CN(C)C1C=C(NC(=O)NC(=O)c2ccccc2)C(O)=C2C(=O)C3=C(O)[C@]4(O)C(=O)C(C(N)=O)=C(O)C[C@]4(C)C[C@]3(C)CC21. The number of amides is 4. The van der Waals surface area contributed by atoms with Crippen LogP contribution in [0, 0.1) is 16.7 Å². The van der Waals surface area contributed by atoms with Crippen molar-refractivity contribution in [2.45, 2.75) is 44.8 Å². The molecule has 232 valence electrons. The largest absolute Gasteiger partial charge is 0.511 e. The number of nitrogens with two attached hydrogens (primary N) is 1. The first kappa shape index (κ1) is 30.7. The molecule has 1 saturated carbocycles. The number of urea groups is 1. The fraction of sp³-hybridized carbons (Fsp3) is 0.387. The number of ketones is 2. The van der Waals surface area contributed by atoms with E-state index in [4.69, 9.17) is 5.73 Å². The van der Waals surface area contributed by atoms with Gasteiger partial charge in [0.2, 0.25) is 5.78 Å². The minimum Gasteiger partial charge on any atom is -0.511 e. The zero-order chi connectivity index (χ0) is 32.5. The third-order valence-electron chi connectivity index (χ3n) is 9.37. The van der Waals surface area contributed by atoms with Gasteiger partial charge in [0, 0.05) is 45.9 Å². The number of fused-ring (bicyclic) bond motifs is 3. The van der Waals surface area contributed by atoms with Gasteiger partial charge in [-0.25, -0.2) is 4.79 Å². The molecule has 0 spiro atoms. The quantitative estimate of drug-likeness (QED) is 0.245. The molecule has 4 aliphatic rings. The molecule has 0 aliphatic heterocycles. The first-order valence-electron chi connectivity index (χ1n) is 13.9. The van der Waals surface area contributed by atoms with E-state index in [-0.39, 0.29) is 41.7 Å². The van der Waals surface area contributed by atoms with E-state index in [0.717, 1.165) is 0 Å². The Bertz CT molecular complexity index is 1660. The first-order valence-corrected chi connectivity index (χ1v) is 13.9. The van der Waals surface area contributed by atoms with Crippen LogP contribution in [0.1, 0.15) is 43.5 Å². The molecular weight excluding hydrogens is 572 g/mol. The van der Waals surface area contributed by atoms with Crippen molar-refractivity contribution in [3.05, 3.63) is 81.7 Å². The number of aliphatic hydroxyl groups is 4. The van der Waals surface area contributed by atoms with E-state index >= 15 is 0 Å². The van der Waals surface area contributed by atoms with E-state index in [1.165, 1.54) is 19.1 Å². The highest BCUT2D eigenvalue weighted by atomic mass is 16.3. The van der Waals surface area contributed by atoms with Crippen molar-refractivity contribution in [1.29, 1.82) is 0 Å². The number of allylic oxidation sites excluding steroid dienone is 2. The lowest BCUT2D eigenvalue weighted by Gasteiger charge is -2.57. The summed E-state index contributed by atoms with van der Waals surface area (Å²) in [6, 6.07) is 6.45. The van der Waals surface area contributed by atoms with Crippen LogP contribution in [-0.4, -0.2) is 80.5 Å². The van der Waals surface area contributed by atoms with Gasteiger partial charge in [0.15, 0.2) is 11.4 Å². The van der Waals surface area contributed by atoms with E-state index in [2.05, 4.69) is 10.6 Å². The Kier molecular flexibility index (Phi) is 7.09. The van der Waals surface area contributed by atoms with E-state index in [1.807, 2.05) is 0 Å².